The second-order valence-electron chi connectivity index (χ2n) is 4.82. The number of thioether (sulfide) groups is 1. The Morgan fingerprint density at radius 1 is 1.09 bits per heavy atom. The number of rotatable bonds is 4. The van der Waals surface area contributed by atoms with Gasteiger partial charge in [0.15, 0.2) is 0 Å². The fraction of sp³-hybridized carbons (Fsp3) is 0.133. The lowest BCUT2D eigenvalue weighted by Gasteiger charge is -2.11. The van der Waals surface area contributed by atoms with Crippen LogP contribution >= 0.6 is 27.7 Å². The molecule has 0 aliphatic carbocycles. The number of benzene rings is 2. The lowest BCUT2D eigenvalue weighted by atomic mass is 10.3. The molecule has 0 atom stereocenters. The van der Waals surface area contributed by atoms with E-state index >= 15 is 0 Å². The maximum absolute atomic E-state index is 12.4. The monoisotopic (exact) mass is 414 g/mol. The SMILES string of the molecule is CN(C)C(=O)Sc1ccc(NS(=O)(=O)c2ccccc2Br)cc1. The smallest absolute Gasteiger partial charge is 0.285 e. The fourth-order valence-electron chi connectivity index (χ4n) is 1.66. The zero-order chi connectivity index (χ0) is 17.0. The highest BCUT2D eigenvalue weighted by Gasteiger charge is 2.17. The Kier molecular flexibility index (Phi) is 5.72. The molecule has 1 amide bonds. The molecular weight excluding hydrogens is 400 g/mol. The van der Waals surface area contributed by atoms with Crippen molar-refractivity contribution >= 4 is 48.6 Å². The molecule has 0 aromatic heterocycles. The predicted octanol–water partition coefficient (Wildman–Crippen LogP) is 4.02. The number of sulfonamides is 1. The van der Waals surface area contributed by atoms with Gasteiger partial charge < -0.3 is 4.90 Å². The maximum Gasteiger partial charge on any atom is 0.285 e. The molecule has 0 spiro atoms. The van der Waals surface area contributed by atoms with Gasteiger partial charge in [-0.3, -0.25) is 9.52 Å². The van der Waals surface area contributed by atoms with Gasteiger partial charge in [-0.2, -0.15) is 0 Å². The summed E-state index contributed by atoms with van der Waals surface area (Å²) in [6, 6.07) is 13.2. The Labute approximate surface area is 148 Å². The van der Waals surface area contributed by atoms with E-state index in [0.29, 0.717) is 10.2 Å². The predicted molar refractivity (Wildman–Crippen MR) is 96.3 cm³/mol. The molecule has 2 aromatic carbocycles. The number of hydrogen-bond donors (Lipinski definition) is 1. The molecule has 0 fully saturated rings. The van der Waals surface area contributed by atoms with Crippen LogP contribution in [0, 0.1) is 0 Å². The van der Waals surface area contributed by atoms with Crippen molar-refractivity contribution in [2.75, 3.05) is 18.8 Å². The molecule has 0 radical (unpaired) electrons. The number of halogens is 1. The van der Waals surface area contributed by atoms with E-state index in [1.165, 1.54) is 11.0 Å². The van der Waals surface area contributed by atoms with Crippen LogP contribution in [0.2, 0.25) is 0 Å². The average molecular weight is 415 g/mol. The first kappa shape index (κ1) is 17.8. The van der Waals surface area contributed by atoms with Crippen LogP contribution in [-0.4, -0.2) is 32.7 Å². The Morgan fingerprint density at radius 2 is 1.70 bits per heavy atom. The van der Waals surface area contributed by atoms with Gasteiger partial charge in [0, 0.05) is 29.2 Å². The summed E-state index contributed by atoms with van der Waals surface area (Å²) in [5.74, 6) is 0. The third-order valence-electron chi connectivity index (χ3n) is 2.80. The molecule has 0 aliphatic rings. The van der Waals surface area contributed by atoms with Crippen LogP contribution in [0.25, 0.3) is 0 Å². The van der Waals surface area contributed by atoms with Gasteiger partial charge in [-0.1, -0.05) is 12.1 Å². The Morgan fingerprint density at radius 3 is 2.26 bits per heavy atom. The molecule has 8 heteroatoms. The Bertz CT molecular complexity index is 806. The van der Waals surface area contributed by atoms with E-state index in [-0.39, 0.29) is 10.1 Å². The molecule has 122 valence electrons. The number of carbonyl (C=O) groups is 1. The van der Waals surface area contributed by atoms with E-state index in [4.69, 9.17) is 0 Å². The van der Waals surface area contributed by atoms with Gasteiger partial charge in [0.1, 0.15) is 4.90 Å². The second kappa shape index (κ2) is 7.37. The normalized spacial score (nSPS) is 11.1. The van der Waals surface area contributed by atoms with Crippen LogP contribution in [0.4, 0.5) is 10.5 Å². The minimum atomic E-state index is -3.67. The molecule has 0 unspecified atom stereocenters. The summed E-state index contributed by atoms with van der Waals surface area (Å²) in [4.78, 5) is 14.0. The molecular formula is C15H15BrN2O3S2. The largest absolute Gasteiger partial charge is 0.339 e. The first-order valence-corrected chi connectivity index (χ1v) is 9.65. The average Bonchev–Trinajstić information content (AvgIpc) is 2.49. The van der Waals surface area contributed by atoms with Crippen LogP contribution in [0.3, 0.4) is 0 Å². The van der Waals surface area contributed by atoms with E-state index in [9.17, 15) is 13.2 Å². The summed E-state index contributed by atoms with van der Waals surface area (Å²) >= 11 is 4.31. The molecule has 23 heavy (non-hydrogen) atoms. The van der Waals surface area contributed by atoms with Crippen molar-refractivity contribution < 1.29 is 13.2 Å². The topological polar surface area (TPSA) is 66.5 Å². The maximum atomic E-state index is 12.4. The van der Waals surface area contributed by atoms with Crippen LogP contribution in [-0.2, 0) is 10.0 Å². The number of nitrogens with one attached hydrogen (secondary N) is 1. The van der Waals surface area contributed by atoms with E-state index in [1.54, 1.807) is 56.6 Å². The van der Waals surface area contributed by atoms with Gasteiger partial charge in [-0.25, -0.2) is 8.42 Å². The van der Waals surface area contributed by atoms with Gasteiger partial charge in [0.25, 0.3) is 15.3 Å². The molecule has 0 aliphatic heterocycles. The summed E-state index contributed by atoms with van der Waals surface area (Å²) in [5, 5.41) is -0.0912. The summed E-state index contributed by atoms with van der Waals surface area (Å²) in [6.45, 7) is 0. The molecule has 0 heterocycles. The van der Waals surface area contributed by atoms with Crippen LogP contribution in [0.1, 0.15) is 0 Å². The lowest BCUT2D eigenvalue weighted by Crippen LogP contribution is -2.16. The van der Waals surface area contributed by atoms with Gasteiger partial charge >= 0.3 is 0 Å². The van der Waals surface area contributed by atoms with Gasteiger partial charge in [0.05, 0.1) is 0 Å². The highest BCUT2D eigenvalue weighted by Crippen LogP contribution is 2.26. The van der Waals surface area contributed by atoms with Crippen molar-refractivity contribution in [1.82, 2.24) is 4.90 Å². The molecule has 2 aromatic rings. The van der Waals surface area contributed by atoms with Crippen molar-refractivity contribution in [3.8, 4) is 0 Å². The first-order valence-electron chi connectivity index (χ1n) is 6.56. The number of amides is 1. The van der Waals surface area contributed by atoms with Crippen LogP contribution in [0.5, 0.6) is 0 Å². The zero-order valence-corrected chi connectivity index (χ0v) is 15.7. The Balaban J connectivity index is 2.15. The van der Waals surface area contributed by atoms with Crippen molar-refractivity contribution in [1.29, 1.82) is 0 Å². The number of anilines is 1. The summed E-state index contributed by atoms with van der Waals surface area (Å²) in [5.41, 5.74) is 0.433. The molecule has 0 saturated heterocycles. The Hall–Kier alpha value is -1.51. The number of carbonyl (C=O) groups excluding carboxylic acids is 1. The van der Waals surface area contributed by atoms with Crippen molar-refractivity contribution in [2.45, 2.75) is 9.79 Å². The summed E-state index contributed by atoms with van der Waals surface area (Å²) in [7, 11) is -0.320. The molecule has 1 N–H and O–H groups in total. The second-order valence-corrected chi connectivity index (χ2v) is 8.35. The van der Waals surface area contributed by atoms with E-state index in [0.717, 1.165) is 16.7 Å². The lowest BCUT2D eigenvalue weighted by molar-refractivity contribution is 0.241. The van der Waals surface area contributed by atoms with Gasteiger partial charge in [0.2, 0.25) is 0 Å². The third-order valence-corrected chi connectivity index (χ3v) is 6.24. The molecule has 5 nitrogen and oxygen atoms in total. The van der Waals surface area contributed by atoms with Crippen LogP contribution in [0.15, 0.2) is 62.8 Å². The van der Waals surface area contributed by atoms with Crippen LogP contribution < -0.4 is 4.72 Å². The van der Waals surface area contributed by atoms with Gasteiger partial charge in [-0.05, 0) is 64.1 Å². The van der Waals surface area contributed by atoms with Gasteiger partial charge in [-0.15, -0.1) is 0 Å². The minimum Gasteiger partial charge on any atom is -0.339 e. The minimum absolute atomic E-state index is 0.0912. The zero-order valence-electron chi connectivity index (χ0n) is 12.5. The number of hydrogen-bond acceptors (Lipinski definition) is 4. The molecule has 0 bridgehead atoms. The number of nitrogens with zero attached hydrogens (tertiary/aromatic N) is 1. The third kappa shape index (κ3) is 4.73. The van der Waals surface area contributed by atoms with E-state index in [2.05, 4.69) is 20.7 Å². The van der Waals surface area contributed by atoms with E-state index < -0.39 is 10.0 Å². The van der Waals surface area contributed by atoms with Crippen molar-refractivity contribution in [3.63, 3.8) is 0 Å². The summed E-state index contributed by atoms with van der Waals surface area (Å²) < 4.78 is 27.7. The fourth-order valence-corrected chi connectivity index (χ4v) is 4.38. The van der Waals surface area contributed by atoms with Crippen molar-refractivity contribution in [2.24, 2.45) is 0 Å². The standard InChI is InChI=1S/C15H15BrN2O3S2/c1-18(2)15(19)22-12-9-7-11(8-10-12)17-23(20,21)14-6-4-3-5-13(14)16/h3-10,17H,1-2H3. The van der Waals surface area contributed by atoms with E-state index in [1.807, 2.05) is 0 Å². The first-order chi connectivity index (χ1) is 10.8. The quantitative estimate of drug-likeness (QED) is 0.766. The highest BCUT2D eigenvalue weighted by atomic mass is 79.9. The molecule has 0 saturated carbocycles. The summed E-state index contributed by atoms with van der Waals surface area (Å²) in [6.07, 6.45) is 0. The molecule has 2 rings (SSSR count). The highest BCUT2D eigenvalue weighted by molar-refractivity contribution is 9.10. The van der Waals surface area contributed by atoms with Crippen molar-refractivity contribution in [3.05, 3.63) is 53.0 Å².